The van der Waals surface area contributed by atoms with Crippen molar-refractivity contribution < 1.29 is 9.90 Å². The number of thiocarbonyl (C=S) groups is 1. The molecule has 0 saturated heterocycles. The SMILES string of the molecule is Cc1nc2ccc(Br)cc2c(=O)n1NC(=O)CNNC(=S)/N=C/c1ccc(O)cc1. The fourth-order valence-electron chi connectivity index (χ4n) is 2.49. The van der Waals surface area contributed by atoms with Crippen LogP contribution in [0.25, 0.3) is 10.9 Å². The lowest BCUT2D eigenvalue weighted by atomic mass is 10.2. The molecule has 0 atom stereocenters. The Morgan fingerprint density at radius 3 is 2.77 bits per heavy atom. The van der Waals surface area contributed by atoms with Crippen LogP contribution in [0.4, 0.5) is 0 Å². The summed E-state index contributed by atoms with van der Waals surface area (Å²) in [6, 6.07) is 11.6. The van der Waals surface area contributed by atoms with Gasteiger partial charge in [0.1, 0.15) is 11.6 Å². The Bertz CT molecular complexity index is 1190. The maximum Gasteiger partial charge on any atom is 0.280 e. The largest absolute Gasteiger partial charge is 0.508 e. The molecule has 0 spiro atoms. The molecule has 0 fully saturated rings. The Labute approximate surface area is 184 Å². The third kappa shape index (κ3) is 5.47. The summed E-state index contributed by atoms with van der Waals surface area (Å²) in [5.41, 5.74) is 8.67. The molecule has 30 heavy (non-hydrogen) atoms. The average Bonchev–Trinajstić information content (AvgIpc) is 2.71. The summed E-state index contributed by atoms with van der Waals surface area (Å²) in [5, 5.41) is 9.74. The molecular weight excluding hydrogens is 472 g/mol. The molecule has 1 heterocycles. The van der Waals surface area contributed by atoms with Gasteiger partial charge in [0.15, 0.2) is 0 Å². The molecule has 9 nitrogen and oxygen atoms in total. The van der Waals surface area contributed by atoms with E-state index >= 15 is 0 Å². The van der Waals surface area contributed by atoms with E-state index in [0.29, 0.717) is 16.7 Å². The number of aryl methyl sites for hydroxylation is 1. The molecule has 1 aromatic heterocycles. The van der Waals surface area contributed by atoms with Crippen molar-refractivity contribution in [2.75, 3.05) is 12.0 Å². The summed E-state index contributed by atoms with van der Waals surface area (Å²) in [4.78, 5) is 33.2. The smallest absolute Gasteiger partial charge is 0.280 e. The maximum atomic E-state index is 12.7. The minimum atomic E-state index is -0.478. The van der Waals surface area contributed by atoms with E-state index < -0.39 is 5.91 Å². The number of carbonyl (C=O) groups excluding carboxylic acids is 1. The molecule has 1 amide bonds. The van der Waals surface area contributed by atoms with Crippen molar-refractivity contribution in [1.82, 2.24) is 20.5 Å². The van der Waals surface area contributed by atoms with Gasteiger partial charge in [-0.15, -0.1) is 0 Å². The Morgan fingerprint density at radius 1 is 1.30 bits per heavy atom. The van der Waals surface area contributed by atoms with Crippen LogP contribution < -0.4 is 21.8 Å². The van der Waals surface area contributed by atoms with Crippen molar-refractivity contribution in [3.8, 4) is 5.75 Å². The van der Waals surface area contributed by atoms with Gasteiger partial charge in [-0.3, -0.25) is 20.4 Å². The Kier molecular flexibility index (Phi) is 6.87. The van der Waals surface area contributed by atoms with Gasteiger partial charge in [-0.1, -0.05) is 15.9 Å². The summed E-state index contributed by atoms with van der Waals surface area (Å²) >= 11 is 8.37. The quantitative estimate of drug-likeness (QED) is 0.245. The normalized spacial score (nSPS) is 11.0. The van der Waals surface area contributed by atoms with E-state index in [9.17, 15) is 14.7 Å². The molecule has 3 aromatic rings. The minimum absolute atomic E-state index is 0.112. The van der Waals surface area contributed by atoms with Crippen molar-refractivity contribution in [3.05, 3.63) is 68.7 Å². The van der Waals surface area contributed by atoms with Gasteiger partial charge in [0.05, 0.1) is 17.4 Å². The van der Waals surface area contributed by atoms with Crippen molar-refractivity contribution in [3.63, 3.8) is 0 Å². The van der Waals surface area contributed by atoms with Crippen molar-refractivity contribution in [1.29, 1.82) is 0 Å². The van der Waals surface area contributed by atoms with Crippen LogP contribution in [0.3, 0.4) is 0 Å². The maximum absolute atomic E-state index is 12.7. The number of carbonyl (C=O) groups is 1. The number of phenolic OH excluding ortho intramolecular Hbond substituents is 1. The summed E-state index contributed by atoms with van der Waals surface area (Å²) in [7, 11) is 0. The number of phenols is 1. The number of benzene rings is 2. The molecule has 0 aliphatic carbocycles. The van der Waals surface area contributed by atoms with E-state index in [0.717, 1.165) is 14.7 Å². The summed E-state index contributed by atoms with van der Waals surface area (Å²) in [6.45, 7) is 1.46. The topological polar surface area (TPSA) is 121 Å². The van der Waals surface area contributed by atoms with Crippen LogP contribution in [-0.4, -0.2) is 38.5 Å². The number of aromatic nitrogens is 2. The van der Waals surface area contributed by atoms with Crippen LogP contribution in [0.1, 0.15) is 11.4 Å². The molecule has 11 heteroatoms. The fourth-order valence-corrected chi connectivity index (χ4v) is 2.98. The van der Waals surface area contributed by atoms with Gasteiger partial charge in [-0.05, 0) is 67.2 Å². The van der Waals surface area contributed by atoms with Crippen LogP contribution in [-0.2, 0) is 4.79 Å². The van der Waals surface area contributed by atoms with Crippen LogP contribution in [0.2, 0.25) is 0 Å². The fraction of sp³-hybridized carbons (Fsp3) is 0.105. The highest BCUT2D eigenvalue weighted by molar-refractivity contribution is 9.10. The first-order valence-electron chi connectivity index (χ1n) is 8.68. The second-order valence-corrected chi connectivity index (χ2v) is 7.43. The second-order valence-electron chi connectivity index (χ2n) is 6.13. The Balaban J connectivity index is 1.56. The van der Waals surface area contributed by atoms with Gasteiger partial charge in [0, 0.05) is 10.7 Å². The van der Waals surface area contributed by atoms with Gasteiger partial charge in [0.25, 0.3) is 11.5 Å². The lowest BCUT2D eigenvalue weighted by molar-refractivity contribution is -0.116. The molecule has 0 aliphatic heterocycles. The number of hydrogen-bond acceptors (Lipinski definition) is 6. The number of hydrogen-bond donors (Lipinski definition) is 4. The first-order chi connectivity index (χ1) is 14.3. The zero-order valence-electron chi connectivity index (χ0n) is 15.7. The average molecular weight is 489 g/mol. The van der Waals surface area contributed by atoms with E-state index in [1.807, 2.05) is 0 Å². The molecule has 0 saturated carbocycles. The number of rotatable bonds is 5. The lowest BCUT2D eigenvalue weighted by Crippen LogP contribution is -2.44. The summed E-state index contributed by atoms with van der Waals surface area (Å²) in [5.74, 6) is 0.0310. The summed E-state index contributed by atoms with van der Waals surface area (Å²) in [6.07, 6.45) is 1.51. The van der Waals surface area contributed by atoms with Gasteiger partial charge < -0.3 is 5.11 Å². The van der Waals surface area contributed by atoms with Crippen molar-refractivity contribution in [2.24, 2.45) is 4.99 Å². The number of hydrazine groups is 1. The number of halogens is 1. The Hall–Kier alpha value is -3.15. The van der Waals surface area contributed by atoms with Crippen molar-refractivity contribution >= 4 is 56.3 Å². The molecule has 0 bridgehead atoms. The molecule has 0 radical (unpaired) electrons. The third-order valence-corrected chi connectivity index (χ3v) is 4.60. The van der Waals surface area contributed by atoms with E-state index in [1.165, 1.54) is 18.3 Å². The van der Waals surface area contributed by atoms with Crippen LogP contribution in [0.15, 0.2) is 56.7 Å². The lowest BCUT2D eigenvalue weighted by Gasteiger charge is -2.13. The molecule has 4 N–H and O–H groups in total. The number of amides is 1. The third-order valence-electron chi connectivity index (χ3n) is 3.90. The van der Waals surface area contributed by atoms with E-state index in [4.69, 9.17) is 12.2 Å². The number of aromatic hydroxyl groups is 1. The minimum Gasteiger partial charge on any atom is -0.508 e. The highest BCUT2D eigenvalue weighted by Crippen LogP contribution is 2.15. The van der Waals surface area contributed by atoms with Crippen LogP contribution in [0, 0.1) is 6.92 Å². The monoisotopic (exact) mass is 488 g/mol. The molecule has 2 aromatic carbocycles. The summed E-state index contributed by atoms with van der Waals surface area (Å²) < 4.78 is 1.84. The predicted molar refractivity (Wildman–Crippen MR) is 122 cm³/mol. The molecule has 0 aliphatic rings. The Morgan fingerprint density at radius 2 is 2.03 bits per heavy atom. The van der Waals surface area contributed by atoms with Gasteiger partial charge in [-0.25, -0.2) is 20.1 Å². The van der Waals surface area contributed by atoms with Gasteiger partial charge in [0.2, 0.25) is 5.11 Å². The molecule has 0 unspecified atom stereocenters. The van der Waals surface area contributed by atoms with E-state index in [2.05, 4.69) is 42.2 Å². The molecule has 3 rings (SSSR count). The van der Waals surface area contributed by atoms with Gasteiger partial charge in [-0.2, -0.15) is 0 Å². The molecular formula is C19H17BrN6O3S. The number of aliphatic imine (C=N–C) groups is 1. The van der Waals surface area contributed by atoms with E-state index in [-0.39, 0.29) is 23.0 Å². The highest BCUT2D eigenvalue weighted by Gasteiger charge is 2.11. The van der Waals surface area contributed by atoms with Gasteiger partial charge >= 0.3 is 0 Å². The van der Waals surface area contributed by atoms with Crippen LogP contribution >= 0.6 is 28.1 Å². The highest BCUT2D eigenvalue weighted by atomic mass is 79.9. The van der Waals surface area contributed by atoms with Crippen molar-refractivity contribution in [2.45, 2.75) is 6.92 Å². The standard InChI is InChI=1S/C19H17BrN6O3S/c1-11-23-16-7-4-13(20)8-15(16)18(29)26(11)25-17(28)10-22-24-19(30)21-9-12-2-5-14(27)6-3-12/h2-9,22,27H,10H2,1H3,(H,24,30)(H,25,28)/b21-9+. The predicted octanol–water partition coefficient (Wildman–Crippen LogP) is 1.74. The van der Waals surface area contributed by atoms with Crippen LogP contribution in [0.5, 0.6) is 5.75 Å². The zero-order valence-corrected chi connectivity index (χ0v) is 18.1. The first-order valence-corrected chi connectivity index (χ1v) is 9.88. The number of nitrogens with zero attached hydrogens (tertiary/aromatic N) is 3. The number of nitrogens with one attached hydrogen (secondary N) is 3. The molecule has 154 valence electrons. The second kappa shape index (κ2) is 9.57. The van der Waals surface area contributed by atoms with E-state index in [1.54, 1.807) is 37.3 Å². The first kappa shape index (κ1) is 21.6. The number of fused-ring (bicyclic) bond motifs is 1. The zero-order chi connectivity index (χ0) is 21.7.